The minimum Gasteiger partial charge on any atom is -0.355 e. The Morgan fingerprint density at radius 2 is 1.44 bits per heavy atom. The molecule has 0 spiro atoms. The Morgan fingerprint density at radius 1 is 0.960 bits per heavy atom. The predicted molar refractivity (Wildman–Crippen MR) is 72.7 cm³/mol. The number of nitrogens with zero attached hydrogens (tertiary/aromatic N) is 3. The largest absolute Gasteiger partial charge is 0.542 e. The van der Waals surface area contributed by atoms with Crippen LogP contribution in [0.15, 0.2) is 18.2 Å². The molecule has 2 amide bonds. The Bertz CT molecular complexity index is 769. The van der Waals surface area contributed by atoms with Gasteiger partial charge in [0.2, 0.25) is 0 Å². The molecule has 0 N–H and O–H groups in total. The lowest BCUT2D eigenvalue weighted by Gasteiger charge is -2.11. The highest BCUT2D eigenvalue weighted by Crippen LogP contribution is 2.23. The van der Waals surface area contributed by atoms with Crippen molar-refractivity contribution in [1.29, 1.82) is 0 Å². The third-order valence-electron chi connectivity index (χ3n) is 2.91. The second-order valence-electron chi connectivity index (χ2n) is 4.56. The molecule has 1 saturated heterocycles. The van der Waals surface area contributed by atoms with Crippen LogP contribution in [0.2, 0.25) is 0 Å². The lowest BCUT2D eigenvalue weighted by molar-refractivity contribution is -0.394. The topological polar surface area (TPSA) is 176 Å². The molecule has 2 rings (SSSR count). The molecule has 0 unspecified atom stereocenters. The normalized spacial score (nSPS) is 13.5. The summed E-state index contributed by atoms with van der Waals surface area (Å²) in [6, 6.07) is 1.90. The van der Waals surface area contributed by atoms with Crippen molar-refractivity contribution < 1.29 is 38.6 Å². The lowest BCUT2D eigenvalue weighted by Crippen LogP contribution is -2.33. The van der Waals surface area contributed by atoms with E-state index < -0.39 is 50.7 Å². The van der Waals surface area contributed by atoms with Crippen molar-refractivity contribution in [2.75, 3.05) is 0 Å². The van der Waals surface area contributed by atoms with Crippen LogP contribution < -0.4 is 0 Å². The molecule has 0 aromatic heterocycles. The van der Waals surface area contributed by atoms with E-state index in [1.807, 2.05) is 0 Å². The number of amides is 2. The third-order valence-corrected chi connectivity index (χ3v) is 2.91. The Kier molecular flexibility index (Phi) is 4.67. The predicted octanol–water partition coefficient (Wildman–Crippen LogP) is 0.860. The fourth-order valence-corrected chi connectivity index (χ4v) is 1.81. The maximum Gasteiger partial charge on any atom is 0.542 e. The number of non-ortho nitro benzene ring substituents is 2. The van der Waals surface area contributed by atoms with Crippen molar-refractivity contribution in [2.24, 2.45) is 0 Å². The highest BCUT2D eigenvalue weighted by molar-refractivity contribution is 6.02. The molecule has 0 saturated carbocycles. The lowest BCUT2D eigenvalue weighted by atomic mass is 10.2. The summed E-state index contributed by atoms with van der Waals surface area (Å²) in [6.07, 6.45) is -2.11. The summed E-state index contributed by atoms with van der Waals surface area (Å²) in [4.78, 5) is 69.5. The maximum atomic E-state index is 11.8. The monoisotopic (exact) mass is 353 g/mol. The van der Waals surface area contributed by atoms with Crippen LogP contribution in [0.25, 0.3) is 0 Å². The molecule has 1 aliphatic heterocycles. The Balaban J connectivity index is 2.16. The van der Waals surface area contributed by atoms with Gasteiger partial charge in [-0.2, -0.15) is 0 Å². The SMILES string of the molecule is O=C(OC(=O)c1cc([N+](=O)[O-])cc([N+](=O)[O-])c1)ON1C(=O)CCC1=O. The van der Waals surface area contributed by atoms with Crippen molar-refractivity contribution in [3.8, 4) is 0 Å². The van der Waals surface area contributed by atoms with Gasteiger partial charge in [-0.25, -0.2) is 9.59 Å². The second kappa shape index (κ2) is 6.69. The molecule has 1 heterocycles. The van der Waals surface area contributed by atoms with Crippen molar-refractivity contribution >= 4 is 35.3 Å². The highest BCUT2D eigenvalue weighted by Gasteiger charge is 2.34. The van der Waals surface area contributed by atoms with E-state index in [2.05, 4.69) is 9.57 Å². The van der Waals surface area contributed by atoms with Gasteiger partial charge in [-0.3, -0.25) is 34.7 Å². The number of hydrogen-bond acceptors (Lipinski definition) is 10. The summed E-state index contributed by atoms with van der Waals surface area (Å²) in [6.45, 7) is 0. The Labute approximate surface area is 137 Å². The number of carbonyl (C=O) groups is 4. The summed E-state index contributed by atoms with van der Waals surface area (Å²) in [5.41, 5.74) is -2.23. The van der Waals surface area contributed by atoms with Crippen LogP contribution in [0, 0.1) is 20.2 Å². The standard InChI is InChI=1S/C12H7N3O10/c16-9-1-2-10(17)13(9)25-12(19)24-11(18)6-3-7(14(20)21)5-8(4-6)15(22)23/h3-5H,1-2H2. The van der Waals surface area contributed by atoms with Crippen LogP contribution >= 0.6 is 0 Å². The van der Waals surface area contributed by atoms with E-state index in [-0.39, 0.29) is 17.9 Å². The average molecular weight is 353 g/mol. The van der Waals surface area contributed by atoms with Gasteiger partial charge >= 0.3 is 12.1 Å². The molecular formula is C12H7N3O10. The number of nitro benzene ring substituents is 2. The summed E-state index contributed by atoms with van der Waals surface area (Å²) >= 11 is 0. The molecule has 13 nitrogen and oxygen atoms in total. The number of imide groups is 1. The van der Waals surface area contributed by atoms with Gasteiger partial charge in [-0.1, -0.05) is 5.06 Å². The van der Waals surface area contributed by atoms with Crippen molar-refractivity contribution in [3.63, 3.8) is 0 Å². The number of hydroxylamine groups is 2. The molecule has 0 aliphatic carbocycles. The van der Waals surface area contributed by atoms with Crippen LogP contribution in [0.3, 0.4) is 0 Å². The van der Waals surface area contributed by atoms with Crippen LogP contribution in [-0.4, -0.2) is 38.8 Å². The third kappa shape index (κ3) is 3.90. The number of benzene rings is 1. The van der Waals surface area contributed by atoms with Gasteiger partial charge < -0.3 is 4.74 Å². The van der Waals surface area contributed by atoms with Crippen LogP contribution in [0.1, 0.15) is 23.2 Å². The molecule has 1 aliphatic rings. The van der Waals surface area contributed by atoms with Gasteiger partial charge in [0.1, 0.15) is 0 Å². The van der Waals surface area contributed by atoms with Gasteiger partial charge in [0.15, 0.2) is 0 Å². The fourth-order valence-electron chi connectivity index (χ4n) is 1.81. The van der Waals surface area contributed by atoms with Gasteiger partial charge in [0.05, 0.1) is 21.5 Å². The van der Waals surface area contributed by atoms with E-state index in [1.54, 1.807) is 0 Å². The van der Waals surface area contributed by atoms with E-state index in [0.717, 1.165) is 0 Å². The zero-order valence-corrected chi connectivity index (χ0v) is 12.1. The molecule has 0 radical (unpaired) electrons. The Hall–Kier alpha value is -3.90. The number of nitro groups is 2. The first-order chi connectivity index (χ1) is 11.7. The van der Waals surface area contributed by atoms with E-state index >= 15 is 0 Å². The second-order valence-corrected chi connectivity index (χ2v) is 4.56. The van der Waals surface area contributed by atoms with E-state index in [1.165, 1.54) is 0 Å². The average Bonchev–Trinajstić information content (AvgIpc) is 2.86. The number of ether oxygens (including phenoxy) is 1. The van der Waals surface area contributed by atoms with Crippen molar-refractivity contribution in [1.82, 2.24) is 5.06 Å². The van der Waals surface area contributed by atoms with E-state index in [9.17, 15) is 39.4 Å². The number of rotatable bonds is 4. The van der Waals surface area contributed by atoms with Gasteiger partial charge in [0, 0.05) is 25.0 Å². The Morgan fingerprint density at radius 3 is 1.88 bits per heavy atom. The molecule has 1 fully saturated rings. The molecule has 0 atom stereocenters. The highest BCUT2D eigenvalue weighted by atomic mass is 16.8. The van der Waals surface area contributed by atoms with Crippen LogP contribution in [0.4, 0.5) is 16.2 Å². The quantitative estimate of drug-likeness (QED) is 0.248. The van der Waals surface area contributed by atoms with Gasteiger partial charge in [0.25, 0.3) is 23.2 Å². The smallest absolute Gasteiger partial charge is 0.355 e. The first-order valence-corrected chi connectivity index (χ1v) is 6.43. The van der Waals surface area contributed by atoms with Crippen LogP contribution in [-0.2, 0) is 19.2 Å². The summed E-state index contributed by atoms with van der Waals surface area (Å²) < 4.78 is 4.17. The van der Waals surface area contributed by atoms with E-state index in [4.69, 9.17) is 0 Å². The molecule has 0 bridgehead atoms. The minimum absolute atomic E-state index is 0.117. The minimum atomic E-state index is -1.75. The molecule has 1 aromatic carbocycles. The zero-order valence-electron chi connectivity index (χ0n) is 12.1. The van der Waals surface area contributed by atoms with Crippen LogP contribution in [0.5, 0.6) is 0 Å². The summed E-state index contributed by atoms with van der Waals surface area (Å²) in [7, 11) is 0. The molecule has 1 aromatic rings. The number of hydrogen-bond donors (Lipinski definition) is 0. The van der Waals surface area contributed by atoms with Crippen molar-refractivity contribution in [3.05, 3.63) is 44.0 Å². The molecule has 25 heavy (non-hydrogen) atoms. The van der Waals surface area contributed by atoms with Gasteiger partial charge in [-0.05, 0) is 0 Å². The van der Waals surface area contributed by atoms with Gasteiger partial charge in [-0.15, -0.1) is 0 Å². The first-order valence-electron chi connectivity index (χ1n) is 6.43. The first kappa shape index (κ1) is 17.5. The molecule has 130 valence electrons. The number of carbonyl (C=O) groups excluding carboxylic acids is 4. The summed E-state index contributed by atoms with van der Waals surface area (Å²) in [5.74, 6) is -3.14. The van der Waals surface area contributed by atoms with E-state index in [0.29, 0.717) is 18.2 Å². The fraction of sp³-hybridized carbons (Fsp3) is 0.167. The zero-order chi connectivity index (χ0) is 18.7. The summed E-state index contributed by atoms with van der Waals surface area (Å²) in [5, 5.41) is 21.6. The maximum absolute atomic E-state index is 11.8. The van der Waals surface area contributed by atoms with Crippen molar-refractivity contribution in [2.45, 2.75) is 12.8 Å². The molecule has 13 heteroatoms. The molecular weight excluding hydrogens is 346 g/mol. The number of esters is 1.